The molecule has 0 bridgehead atoms. The average Bonchev–Trinajstić information content (AvgIpc) is 3.07. The zero-order valence-corrected chi connectivity index (χ0v) is 11.7. The highest BCUT2D eigenvalue weighted by atomic mass is 32.1. The summed E-state index contributed by atoms with van der Waals surface area (Å²) in [5.41, 5.74) is 0. The van der Waals surface area contributed by atoms with Gasteiger partial charge in [-0.2, -0.15) is 4.98 Å². The van der Waals surface area contributed by atoms with E-state index in [1.54, 1.807) is 6.07 Å². The number of carbonyl (C=O) groups is 1. The fourth-order valence-corrected chi connectivity index (χ4v) is 2.11. The molecule has 2 heterocycles. The molecule has 1 atom stereocenters. The first-order valence-electron chi connectivity index (χ1n) is 5.99. The molecular weight excluding hydrogens is 264 g/mol. The van der Waals surface area contributed by atoms with Crippen molar-refractivity contribution >= 4 is 17.2 Å². The molecule has 102 valence electrons. The molecule has 2 aromatic rings. The summed E-state index contributed by atoms with van der Waals surface area (Å²) in [5.74, 6) is 0.934. The zero-order chi connectivity index (χ0) is 13.7. The number of thiophene rings is 1. The van der Waals surface area contributed by atoms with Crippen LogP contribution in [0.4, 0.5) is 0 Å². The number of aromatic nitrogens is 2. The third-order valence-corrected chi connectivity index (χ3v) is 3.51. The van der Waals surface area contributed by atoms with E-state index in [1.807, 2.05) is 25.4 Å². The van der Waals surface area contributed by atoms with Crippen molar-refractivity contribution in [2.75, 3.05) is 7.05 Å². The first kappa shape index (κ1) is 13.7. The summed E-state index contributed by atoms with van der Waals surface area (Å²) in [6.07, 6.45) is 0.693. The number of likely N-dealkylation sites (N-methyl/N-ethyl adjacent to an activating group) is 1. The Kier molecular flexibility index (Phi) is 4.64. The van der Waals surface area contributed by atoms with Gasteiger partial charge in [0.1, 0.15) is 0 Å². The number of nitrogens with one attached hydrogen (secondary N) is 2. The van der Waals surface area contributed by atoms with Crippen molar-refractivity contribution in [3.05, 3.63) is 34.1 Å². The number of amides is 1. The van der Waals surface area contributed by atoms with Crippen LogP contribution in [0.1, 0.15) is 28.3 Å². The van der Waals surface area contributed by atoms with Gasteiger partial charge < -0.3 is 15.2 Å². The fourth-order valence-electron chi connectivity index (χ4n) is 1.47. The topological polar surface area (TPSA) is 80.0 Å². The van der Waals surface area contributed by atoms with E-state index in [-0.39, 0.29) is 18.5 Å². The minimum atomic E-state index is -0.127. The molecule has 7 heteroatoms. The van der Waals surface area contributed by atoms with Crippen molar-refractivity contribution in [3.63, 3.8) is 0 Å². The van der Waals surface area contributed by atoms with Gasteiger partial charge in [-0.25, -0.2) is 0 Å². The lowest BCUT2D eigenvalue weighted by Gasteiger charge is -2.04. The Balaban J connectivity index is 1.85. The Labute approximate surface area is 115 Å². The average molecular weight is 280 g/mol. The van der Waals surface area contributed by atoms with Crippen molar-refractivity contribution in [3.8, 4) is 0 Å². The van der Waals surface area contributed by atoms with Gasteiger partial charge in [0.25, 0.3) is 5.91 Å². The molecule has 0 aliphatic rings. The zero-order valence-electron chi connectivity index (χ0n) is 10.8. The quantitative estimate of drug-likeness (QED) is 0.831. The van der Waals surface area contributed by atoms with Gasteiger partial charge in [-0.1, -0.05) is 11.2 Å². The summed E-state index contributed by atoms with van der Waals surface area (Å²) in [7, 11) is 1.88. The lowest BCUT2D eigenvalue weighted by atomic mass is 10.2. The molecule has 0 saturated carbocycles. The highest BCUT2D eigenvalue weighted by Gasteiger charge is 2.11. The Morgan fingerprint density at radius 2 is 2.42 bits per heavy atom. The van der Waals surface area contributed by atoms with Crippen LogP contribution in [-0.2, 0) is 13.0 Å². The summed E-state index contributed by atoms with van der Waals surface area (Å²) in [5, 5.41) is 11.6. The predicted molar refractivity (Wildman–Crippen MR) is 72.0 cm³/mol. The van der Waals surface area contributed by atoms with Crippen LogP contribution in [0.15, 0.2) is 22.0 Å². The van der Waals surface area contributed by atoms with E-state index < -0.39 is 0 Å². The fraction of sp³-hybridized carbons (Fsp3) is 0.417. The Bertz CT molecular complexity index is 524. The van der Waals surface area contributed by atoms with E-state index in [9.17, 15) is 4.79 Å². The third kappa shape index (κ3) is 3.87. The van der Waals surface area contributed by atoms with Crippen LogP contribution in [0.3, 0.4) is 0 Å². The van der Waals surface area contributed by atoms with Crippen molar-refractivity contribution in [2.24, 2.45) is 0 Å². The second-order valence-electron chi connectivity index (χ2n) is 4.16. The van der Waals surface area contributed by atoms with Gasteiger partial charge in [0.05, 0.1) is 11.4 Å². The molecule has 0 spiro atoms. The van der Waals surface area contributed by atoms with Crippen molar-refractivity contribution in [1.29, 1.82) is 0 Å². The van der Waals surface area contributed by atoms with E-state index in [1.165, 1.54) is 11.3 Å². The van der Waals surface area contributed by atoms with Gasteiger partial charge in [0.15, 0.2) is 5.82 Å². The minimum Gasteiger partial charge on any atom is -0.342 e. The van der Waals surface area contributed by atoms with E-state index in [2.05, 4.69) is 20.8 Å². The number of carbonyl (C=O) groups excluding carboxylic acids is 1. The Morgan fingerprint density at radius 3 is 3.11 bits per heavy atom. The Morgan fingerprint density at radius 1 is 1.58 bits per heavy atom. The molecule has 0 aliphatic heterocycles. The minimum absolute atomic E-state index is 0.127. The molecular formula is C12H16N4O2S. The normalized spacial score (nSPS) is 12.3. The van der Waals surface area contributed by atoms with E-state index in [0.29, 0.717) is 23.0 Å². The number of rotatable bonds is 6. The summed E-state index contributed by atoms with van der Waals surface area (Å²) < 4.78 is 5.08. The van der Waals surface area contributed by atoms with E-state index in [4.69, 9.17) is 4.52 Å². The molecule has 6 nitrogen and oxygen atoms in total. The molecule has 0 radical (unpaired) electrons. The highest BCUT2D eigenvalue weighted by molar-refractivity contribution is 7.12. The van der Waals surface area contributed by atoms with Crippen LogP contribution in [0, 0.1) is 0 Å². The Hall–Kier alpha value is -1.73. The van der Waals surface area contributed by atoms with Gasteiger partial charge in [0.2, 0.25) is 5.89 Å². The van der Waals surface area contributed by atoms with Crippen molar-refractivity contribution in [2.45, 2.75) is 25.9 Å². The van der Waals surface area contributed by atoms with Crippen molar-refractivity contribution in [1.82, 2.24) is 20.8 Å². The van der Waals surface area contributed by atoms with Crippen LogP contribution in [0.2, 0.25) is 0 Å². The summed E-state index contributed by atoms with van der Waals surface area (Å²) in [6, 6.07) is 3.89. The summed E-state index contributed by atoms with van der Waals surface area (Å²) in [4.78, 5) is 16.6. The lowest BCUT2D eigenvalue weighted by molar-refractivity contribution is 0.0950. The second kappa shape index (κ2) is 6.44. The van der Waals surface area contributed by atoms with Crippen molar-refractivity contribution < 1.29 is 9.32 Å². The van der Waals surface area contributed by atoms with E-state index >= 15 is 0 Å². The largest absolute Gasteiger partial charge is 0.342 e. The molecule has 1 amide bonds. The van der Waals surface area contributed by atoms with Gasteiger partial charge in [-0.3, -0.25) is 4.79 Å². The maximum Gasteiger partial charge on any atom is 0.261 e. The first-order chi connectivity index (χ1) is 9.19. The maximum atomic E-state index is 11.7. The standard InChI is InChI=1S/C12H16N4O2S/c1-8(13-2)6-10-15-11(18-16-10)7-14-12(17)9-4-3-5-19-9/h3-5,8,13H,6-7H2,1-2H3,(H,14,17). The van der Waals surface area contributed by atoms with Crippen LogP contribution in [0.5, 0.6) is 0 Å². The van der Waals surface area contributed by atoms with Crippen LogP contribution < -0.4 is 10.6 Å². The first-order valence-corrected chi connectivity index (χ1v) is 6.87. The van der Waals surface area contributed by atoms with Gasteiger partial charge in [-0.15, -0.1) is 11.3 Å². The molecule has 19 heavy (non-hydrogen) atoms. The van der Waals surface area contributed by atoms with Gasteiger partial charge in [0, 0.05) is 12.5 Å². The summed E-state index contributed by atoms with van der Waals surface area (Å²) in [6.45, 7) is 2.28. The molecule has 0 aromatic carbocycles. The smallest absolute Gasteiger partial charge is 0.261 e. The highest BCUT2D eigenvalue weighted by Crippen LogP contribution is 2.08. The van der Waals surface area contributed by atoms with Crippen LogP contribution >= 0.6 is 11.3 Å². The van der Waals surface area contributed by atoms with Crippen LogP contribution in [-0.4, -0.2) is 29.1 Å². The molecule has 2 aromatic heterocycles. The third-order valence-electron chi connectivity index (χ3n) is 2.64. The van der Waals surface area contributed by atoms with E-state index in [0.717, 1.165) is 0 Å². The molecule has 2 rings (SSSR count). The second-order valence-corrected chi connectivity index (χ2v) is 5.11. The molecule has 2 N–H and O–H groups in total. The SMILES string of the molecule is CNC(C)Cc1noc(CNC(=O)c2cccs2)n1. The number of hydrogen-bond donors (Lipinski definition) is 2. The lowest BCUT2D eigenvalue weighted by Crippen LogP contribution is -2.24. The predicted octanol–water partition coefficient (Wildman–Crippen LogP) is 1.21. The summed E-state index contributed by atoms with van der Waals surface area (Å²) >= 11 is 1.40. The maximum absolute atomic E-state index is 11.7. The number of nitrogens with zero attached hydrogens (tertiary/aromatic N) is 2. The van der Waals surface area contributed by atoms with Crippen LogP contribution in [0.25, 0.3) is 0 Å². The molecule has 0 saturated heterocycles. The van der Waals surface area contributed by atoms with Gasteiger partial charge >= 0.3 is 0 Å². The molecule has 0 aliphatic carbocycles. The molecule has 0 fully saturated rings. The molecule has 1 unspecified atom stereocenters. The van der Waals surface area contributed by atoms with Gasteiger partial charge in [-0.05, 0) is 25.4 Å². The number of hydrogen-bond acceptors (Lipinski definition) is 6. The monoisotopic (exact) mass is 280 g/mol.